The van der Waals surface area contributed by atoms with E-state index >= 15 is 0 Å². The lowest BCUT2D eigenvalue weighted by Gasteiger charge is -2.08. The number of hydrogen-bond donors (Lipinski definition) is 0. The minimum absolute atomic E-state index is 0.0296. The number of rotatable bonds is 4. The predicted octanol–water partition coefficient (Wildman–Crippen LogP) is 3.85. The Morgan fingerprint density at radius 2 is 1.65 bits per heavy atom. The molecule has 0 saturated heterocycles. The third kappa shape index (κ3) is 3.86. The fraction of sp³-hybridized carbons (Fsp3) is 0.125. The summed E-state index contributed by atoms with van der Waals surface area (Å²) in [5.74, 6) is -9.33. The molecule has 0 spiro atoms. The summed E-state index contributed by atoms with van der Waals surface area (Å²) in [5, 5.41) is 0. The molecule has 118 valence electrons. The second-order valence-electron chi connectivity index (χ2n) is 4.61. The summed E-state index contributed by atoms with van der Waals surface area (Å²) in [6.07, 6.45) is -0.352. The predicted molar refractivity (Wildman–Crippen MR) is 74.1 cm³/mol. The monoisotopic (exact) mass is 324 g/mol. The maximum Gasteiger partial charge on any atom is 0.315 e. The number of benzene rings is 2. The Kier molecular flexibility index (Phi) is 4.96. The molecule has 23 heavy (non-hydrogen) atoms. The van der Waals surface area contributed by atoms with E-state index in [-0.39, 0.29) is 19.0 Å². The van der Waals surface area contributed by atoms with Crippen molar-refractivity contribution in [2.24, 2.45) is 0 Å². The molecule has 2 aromatic carbocycles. The summed E-state index contributed by atoms with van der Waals surface area (Å²) >= 11 is 0. The van der Waals surface area contributed by atoms with Crippen LogP contribution in [-0.4, -0.2) is 5.97 Å². The minimum Gasteiger partial charge on any atom is -0.420 e. The molecule has 0 unspecified atom stereocenters. The Labute approximate surface area is 128 Å². The summed E-state index contributed by atoms with van der Waals surface area (Å²) in [6.45, 7) is 5.28. The number of halogens is 4. The van der Waals surface area contributed by atoms with Gasteiger partial charge < -0.3 is 4.74 Å². The van der Waals surface area contributed by atoms with Crippen molar-refractivity contribution in [3.05, 3.63) is 69.6 Å². The van der Waals surface area contributed by atoms with Crippen LogP contribution in [0.2, 0.25) is 0 Å². The van der Waals surface area contributed by atoms with Crippen LogP contribution in [0.5, 0.6) is 5.75 Å². The molecule has 0 aromatic heterocycles. The molecular weight excluding hydrogens is 314 g/mol. The molecule has 0 N–H and O–H groups in total. The maximum atomic E-state index is 13.4. The third-order valence-electron chi connectivity index (χ3n) is 2.90. The molecule has 0 aliphatic heterocycles. The van der Waals surface area contributed by atoms with E-state index < -0.39 is 35.0 Å². The van der Waals surface area contributed by atoms with Crippen molar-refractivity contribution in [1.82, 2.24) is 0 Å². The average molecular weight is 324 g/mol. The smallest absolute Gasteiger partial charge is 0.315 e. The van der Waals surface area contributed by atoms with Crippen LogP contribution >= 0.6 is 0 Å². The molecule has 0 heterocycles. The van der Waals surface area contributed by atoms with Gasteiger partial charge in [-0.3, -0.25) is 4.79 Å². The highest BCUT2D eigenvalue weighted by Gasteiger charge is 2.23. The van der Waals surface area contributed by atoms with E-state index in [4.69, 9.17) is 6.57 Å². The Morgan fingerprint density at radius 3 is 2.26 bits per heavy atom. The third-order valence-corrected chi connectivity index (χ3v) is 2.90. The van der Waals surface area contributed by atoms with Crippen molar-refractivity contribution in [2.75, 3.05) is 0 Å². The largest absolute Gasteiger partial charge is 0.420 e. The first kappa shape index (κ1) is 16.5. The van der Waals surface area contributed by atoms with Crippen molar-refractivity contribution in [3.8, 4) is 12.3 Å². The molecular formula is C16H10F4NO2+. The topological polar surface area (TPSA) is 30.7 Å². The van der Waals surface area contributed by atoms with Gasteiger partial charge in [0.25, 0.3) is 13.1 Å². The Hall–Kier alpha value is -2.88. The SMILES string of the molecule is C#[N+]Cc1cccc(CC(=O)Oc2c(F)c(F)cc(F)c2F)c1. The first-order valence-corrected chi connectivity index (χ1v) is 6.40. The molecule has 0 fully saturated rings. The van der Waals surface area contributed by atoms with Crippen LogP contribution in [0.1, 0.15) is 11.1 Å². The molecule has 0 aliphatic rings. The Bertz CT molecular complexity index is 773. The molecule has 0 bridgehead atoms. The van der Waals surface area contributed by atoms with E-state index in [1.54, 1.807) is 24.3 Å². The molecule has 3 nitrogen and oxygen atoms in total. The van der Waals surface area contributed by atoms with Crippen LogP contribution in [0.25, 0.3) is 4.85 Å². The van der Waals surface area contributed by atoms with Crippen molar-refractivity contribution in [1.29, 1.82) is 0 Å². The lowest BCUT2D eigenvalue weighted by Crippen LogP contribution is -2.14. The molecule has 7 heteroatoms. The van der Waals surface area contributed by atoms with Gasteiger partial charge in [-0.05, 0) is 11.6 Å². The van der Waals surface area contributed by atoms with Gasteiger partial charge >= 0.3 is 5.97 Å². The number of nitrogens with zero attached hydrogens (tertiary/aromatic N) is 1. The second kappa shape index (κ2) is 6.92. The van der Waals surface area contributed by atoms with Crippen LogP contribution in [-0.2, 0) is 17.8 Å². The second-order valence-corrected chi connectivity index (χ2v) is 4.61. The van der Waals surface area contributed by atoms with Gasteiger partial charge in [-0.25, -0.2) is 8.78 Å². The zero-order chi connectivity index (χ0) is 17.0. The molecule has 2 rings (SSSR count). The molecule has 0 atom stereocenters. The lowest BCUT2D eigenvalue weighted by molar-refractivity contribution is -0.134. The fourth-order valence-electron chi connectivity index (χ4n) is 1.90. The van der Waals surface area contributed by atoms with Crippen molar-refractivity contribution >= 4 is 5.97 Å². The van der Waals surface area contributed by atoms with E-state index in [1.165, 1.54) is 0 Å². The van der Waals surface area contributed by atoms with Crippen molar-refractivity contribution in [3.63, 3.8) is 0 Å². The number of carbonyl (C=O) groups is 1. The quantitative estimate of drug-likeness (QED) is 0.370. The zero-order valence-electron chi connectivity index (χ0n) is 11.7. The first-order chi connectivity index (χ1) is 10.9. The van der Waals surface area contributed by atoms with E-state index in [2.05, 4.69) is 9.58 Å². The van der Waals surface area contributed by atoms with Gasteiger partial charge in [-0.2, -0.15) is 8.78 Å². The van der Waals surface area contributed by atoms with Gasteiger partial charge in [0.05, 0.1) is 6.42 Å². The highest BCUT2D eigenvalue weighted by Crippen LogP contribution is 2.26. The van der Waals surface area contributed by atoms with Gasteiger partial charge in [0, 0.05) is 11.6 Å². The summed E-state index contributed by atoms with van der Waals surface area (Å²) in [4.78, 5) is 15.2. The van der Waals surface area contributed by atoms with Gasteiger partial charge in [0.2, 0.25) is 17.4 Å². The highest BCUT2D eigenvalue weighted by atomic mass is 19.2. The average Bonchev–Trinajstić information content (AvgIpc) is 2.50. The van der Waals surface area contributed by atoms with E-state index in [9.17, 15) is 22.4 Å². The summed E-state index contributed by atoms with van der Waals surface area (Å²) in [7, 11) is 0. The van der Waals surface area contributed by atoms with Gasteiger partial charge in [-0.15, -0.1) is 0 Å². The van der Waals surface area contributed by atoms with E-state index in [0.29, 0.717) is 11.1 Å². The van der Waals surface area contributed by atoms with E-state index in [1.807, 2.05) is 0 Å². The summed E-state index contributed by atoms with van der Waals surface area (Å²) < 4.78 is 57.3. The van der Waals surface area contributed by atoms with Gasteiger partial charge in [0.15, 0.2) is 11.6 Å². The van der Waals surface area contributed by atoms with Crippen LogP contribution < -0.4 is 4.74 Å². The summed E-state index contributed by atoms with van der Waals surface area (Å²) in [6, 6.07) is 6.54. The van der Waals surface area contributed by atoms with Crippen molar-refractivity contribution in [2.45, 2.75) is 13.0 Å². The molecule has 0 radical (unpaired) electrons. The van der Waals surface area contributed by atoms with Gasteiger partial charge in [0.1, 0.15) is 0 Å². The highest BCUT2D eigenvalue weighted by molar-refractivity contribution is 5.75. The van der Waals surface area contributed by atoms with Crippen LogP contribution in [0.4, 0.5) is 17.6 Å². The Balaban J connectivity index is 2.18. The normalized spacial score (nSPS) is 10.2. The van der Waals surface area contributed by atoms with E-state index in [0.717, 1.165) is 0 Å². The summed E-state index contributed by atoms with van der Waals surface area (Å²) in [5.41, 5.74) is 1.18. The molecule has 0 aliphatic carbocycles. The zero-order valence-corrected chi connectivity index (χ0v) is 11.7. The van der Waals surface area contributed by atoms with Crippen LogP contribution in [0, 0.1) is 29.8 Å². The van der Waals surface area contributed by atoms with Crippen LogP contribution in [0.15, 0.2) is 30.3 Å². The Morgan fingerprint density at radius 1 is 1.04 bits per heavy atom. The van der Waals surface area contributed by atoms with Crippen molar-refractivity contribution < 1.29 is 27.1 Å². The number of ether oxygens (including phenoxy) is 1. The number of esters is 1. The maximum absolute atomic E-state index is 13.4. The molecule has 2 aromatic rings. The first-order valence-electron chi connectivity index (χ1n) is 6.40. The van der Waals surface area contributed by atoms with Gasteiger partial charge in [-0.1, -0.05) is 23.0 Å². The minimum atomic E-state index is -1.77. The number of hydrogen-bond acceptors (Lipinski definition) is 2. The molecule has 0 amide bonds. The number of carbonyl (C=O) groups excluding carboxylic acids is 1. The van der Waals surface area contributed by atoms with Crippen LogP contribution in [0.3, 0.4) is 0 Å². The lowest BCUT2D eigenvalue weighted by atomic mass is 10.1. The fourth-order valence-corrected chi connectivity index (χ4v) is 1.90. The molecule has 0 saturated carbocycles. The standard InChI is InChI=1S/C16H10F4NO2/c1-21-8-10-4-2-3-9(5-10)6-13(22)23-16-14(19)11(17)7-12(18)15(16)20/h1-5,7H,6,8H2/q+1.